The molecule has 1 amide bonds. The molecule has 2 aromatic heterocycles. The van der Waals surface area contributed by atoms with Crippen LogP contribution in [0.25, 0.3) is 5.82 Å². The van der Waals surface area contributed by atoms with Crippen molar-refractivity contribution in [2.24, 2.45) is 10.1 Å². The third-order valence-electron chi connectivity index (χ3n) is 4.95. The van der Waals surface area contributed by atoms with Crippen LogP contribution in [-0.2, 0) is 15.8 Å². The molecule has 3 heterocycles. The summed E-state index contributed by atoms with van der Waals surface area (Å²) in [4.78, 5) is 21.0. The van der Waals surface area contributed by atoms with Crippen LogP contribution in [-0.4, -0.2) is 46.8 Å². The molecule has 0 bridgehead atoms. The number of carbonyl (C=O) groups is 1. The number of nitrogens with one attached hydrogen (secondary N) is 1. The number of amidine groups is 1. The molecule has 0 spiro atoms. The van der Waals surface area contributed by atoms with Crippen LogP contribution in [0.2, 0.25) is 0 Å². The molecule has 0 unspecified atom stereocenters. The molecule has 0 atom stereocenters. The molecule has 0 aliphatic carbocycles. The lowest BCUT2D eigenvalue weighted by Crippen LogP contribution is -2.48. The second-order valence-corrected chi connectivity index (χ2v) is 9.94. The highest BCUT2D eigenvalue weighted by Crippen LogP contribution is 2.28. The number of hydrogen-bond acceptors (Lipinski definition) is 8. The third kappa shape index (κ3) is 4.89. The Balaban J connectivity index is 1.47. The average molecular weight is 480 g/mol. The summed E-state index contributed by atoms with van der Waals surface area (Å²) in [7, 11) is -3.65. The highest BCUT2D eigenvalue weighted by Gasteiger charge is 2.27. The summed E-state index contributed by atoms with van der Waals surface area (Å²) in [6.45, 7) is 3.67. The van der Waals surface area contributed by atoms with E-state index in [2.05, 4.69) is 19.7 Å². The zero-order valence-corrected chi connectivity index (χ0v) is 19.2. The van der Waals surface area contributed by atoms with Crippen molar-refractivity contribution in [1.82, 2.24) is 19.9 Å². The molecule has 1 aliphatic heterocycles. The number of benzene rings is 1. The predicted octanol–water partition coefficient (Wildman–Crippen LogP) is 1.28. The summed E-state index contributed by atoms with van der Waals surface area (Å²) >= 11 is 0. The number of amides is 1. The second-order valence-electron chi connectivity index (χ2n) is 8.30. The molecule has 0 fully saturated rings. The molecule has 0 saturated carbocycles. The number of hydrogen-bond donors (Lipinski definition) is 2. The molecular formula is C22H21N7O4S. The lowest BCUT2D eigenvalue weighted by Gasteiger charge is -2.27. The molecule has 34 heavy (non-hydrogen) atoms. The van der Waals surface area contributed by atoms with Gasteiger partial charge in [-0.3, -0.25) is 9.36 Å². The molecule has 0 saturated heterocycles. The van der Waals surface area contributed by atoms with Gasteiger partial charge in [0, 0.05) is 18.0 Å². The molecule has 3 N–H and O–H groups in total. The number of imidazole rings is 1. The maximum atomic E-state index is 12.9. The SMILES string of the molecule is CC(C)(COc1cccc2c1C(N)=NS(=O)(=O)C2)NC(=O)c1ccnc(-n2cnc(C#N)c2)c1. The van der Waals surface area contributed by atoms with Crippen LogP contribution in [0.4, 0.5) is 0 Å². The van der Waals surface area contributed by atoms with Crippen LogP contribution in [0, 0.1) is 11.3 Å². The summed E-state index contributed by atoms with van der Waals surface area (Å²) in [5.41, 5.74) is 6.64. The van der Waals surface area contributed by atoms with Crippen molar-refractivity contribution < 1.29 is 17.9 Å². The Kier molecular flexibility index (Phi) is 5.80. The maximum absolute atomic E-state index is 12.9. The van der Waals surface area contributed by atoms with E-state index in [-0.39, 0.29) is 29.8 Å². The van der Waals surface area contributed by atoms with Crippen molar-refractivity contribution in [3.8, 4) is 17.6 Å². The van der Waals surface area contributed by atoms with Crippen LogP contribution >= 0.6 is 0 Å². The monoisotopic (exact) mass is 479 g/mol. The zero-order chi connectivity index (χ0) is 24.5. The van der Waals surface area contributed by atoms with Crippen LogP contribution in [0.15, 0.2) is 53.5 Å². The van der Waals surface area contributed by atoms with Gasteiger partial charge in [0.2, 0.25) is 0 Å². The predicted molar refractivity (Wildman–Crippen MR) is 123 cm³/mol. The molecule has 3 aromatic rings. The molecular weight excluding hydrogens is 458 g/mol. The number of nitrogens with two attached hydrogens (primary N) is 1. The van der Waals surface area contributed by atoms with Crippen LogP contribution in [0.5, 0.6) is 5.75 Å². The number of pyridine rings is 1. The van der Waals surface area contributed by atoms with E-state index in [0.717, 1.165) is 0 Å². The first-order chi connectivity index (χ1) is 16.1. The molecule has 1 aromatic carbocycles. The summed E-state index contributed by atoms with van der Waals surface area (Å²) in [6.07, 6.45) is 4.45. The van der Waals surface area contributed by atoms with E-state index < -0.39 is 15.6 Å². The first-order valence-electron chi connectivity index (χ1n) is 10.1. The minimum absolute atomic E-state index is 0.0835. The normalized spacial score (nSPS) is 14.4. The topological polar surface area (TPSA) is 165 Å². The van der Waals surface area contributed by atoms with E-state index in [9.17, 15) is 13.2 Å². The van der Waals surface area contributed by atoms with Gasteiger partial charge in [-0.25, -0.2) is 18.4 Å². The summed E-state index contributed by atoms with van der Waals surface area (Å²) in [5.74, 6) is 0.103. The number of aromatic nitrogens is 3. The Morgan fingerprint density at radius 2 is 2.12 bits per heavy atom. The number of carbonyl (C=O) groups excluding carboxylic acids is 1. The Morgan fingerprint density at radius 1 is 1.32 bits per heavy atom. The Morgan fingerprint density at radius 3 is 2.85 bits per heavy atom. The number of ether oxygens (including phenoxy) is 1. The highest BCUT2D eigenvalue weighted by molar-refractivity contribution is 7.89. The Hall–Kier alpha value is -4.24. The Labute approximate surface area is 196 Å². The lowest BCUT2D eigenvalue weighted by molar-refractivity contribution is 0.0880. The van der Waals surface area contributed by atoms with Gasteiger partial charge in [-0.05, 0) is 37.6 Å². The summed E-state index contributed by atoms with van der Waals surface area (Å²) in [6, 6.07) is 10.1. The van der Waals surface area contributed by atoms with Crippen LogP contribution in [0.3, 0.4) is 0 Å². The minimum Gasteiger partial charge on any atom is -0.490 e. The fraction of sp³-hybridized carbons (Fsp3) is 0.227. The van der Waals surface area contributed by atoms with Gasteiger partial charge in [0.25, 0.3) is 15.9 Å². The van der Waals surface area contributed by atoms with Gasteiger partial charge in [-0.2, -0.15) is 5.26 Å². The average Bonchev–Trinajstić information content (AvgIpc) is 3.26. The molecule has 12 heteroatoms. The van der Waals surface area contributed by atoms with Crippen molar-refractivity contribution >= 4 is 21.8 Å². The highest BCUT2D eigenvalue weighted by atomic mass is 32.2. The summed E-state index contributed by atoms with van der Waals surface area (Å²) < 4.78 is 34.8. The van der Waals surface area contributed by atoms with Gasteiger partial charge in [-0.15, -0.1) is 4.40 Å². The fourth-order valence-electron chi connectivity index (χ4n) is 3.41. The number of nitriles is 1. The van der Waals surface area contributed by atoms with E-state index in [1.54, 1.807) is 48.7 Å². The molecule has 4 rings (SSSR count). The van der Waals surface area contributed by atoms with Crippen molar-refractivity contribution in [2.45, 2.75) is 25.1 Å². The van der Waals surface area contributed by atoms with E-state index in [1.165, 1.54) is 18.7 Å². The summed E-state index contributed by atoms with van der Waals surface area (Å²) in [5, 5.41) is 11.9. The standard InChI is InChI=1S/C22H21N7O4S/c1-22(2,12-33-17-5-3-4-15-11-34(31,32)28-20(24)19(15)17)27-21(30)14-6-7-25-18(8-14)29-10-16(9-23)26-13-29/h3-8,10,13H,11-12H2,1-2H3,(H2,24,28)(H,27,30). The molecule has 11 nitrogen and oxygen atoms in total. The first-order valence-corrected chi connectivity index (χ1v) is 11.7. The second kappa shape index (κ2) is 8.60. The quantitative estimate of drug-likeness (QED) is 0.533. The van der Waals surface area contributed by atoms with Crippen molar-refractivity contribution in [3.05, 3.63) is 71.4 Å². The van der Waals surface area contributed by atoms with Crippen LogP contribution < -0.4 is 15.8 Å². The number of fused-ring (bicyclic) bond motifs is 1. The maximum Gasteiger partial charge on any atom is 0.259 e. The van der Waals surface area contributed by atoms with E-state index in [4.69, 9.17) is 15.7 Å². The van der Waals surface area contributed by atoms with Crippen molar-refractivity contribution in [3.63, 3.8) is 0 Å². The smallest absolute Gasteiger partial charge is 0.259 e. The van der Waals surface area contributed by atoms with Crippen molar-refractivity contribution in [2.75, 3.05) is 6.61 Å². The first kappa shape index (κ1) is 22.9. The fourth-order valence-corrected chi connectivity index (χ4v) is 4.50. The molecule has 1 aliphatic rings. The largest absolute Gasteiger partial charge is 0.490 e. The van der Waals surface area contributed by atoms with Gasteiger partial charge in [0.15, 0.2) is 5.69 Å². The third-order valence-corrected chi connectivity index (χ3v) is 6.10. The van der Waals surface area contributed by atoms with Gasteiger partial charge < -0.3 is 15.8 Å². The van der Waals surface area contributed by atoms with E-state index in [1.807, 2.05) is 6.07 Å². The minimum atomic E-state index is -3.65. The van der Waals surface area contributed by atoms with Gasteiger partial charge in [-0.1, -0.05) is 12.1 Å². The van der Waals surface area contributed by atoms with Gasteiger partial charge in [0.05, 0.1) is 16.9 Å². The van der Waals surface area contributed by atoms with E-state index in [0.29, 0.717) is 28.3 Å². The Bertz CT molecular complexity index is 1450. The van der Waals surface area contributed by atoms with Crippen LogP contribution in [0.1, 0.15) is 41.0 Å². The number of nitrogens with zero attached hydrogens (tertiary/aromatic N) is 5. The van der Waals surface area contributed by atoms with Gasteiger partial charge in [0.1, 0.15) is 36.4 Å². The number of sulfonamides is 1. The lowest BCUT2D eigenvalue weighted by atomic mass is 10.0. The van der Waals surface area contributed by atoms with Gasteiger partial charge >= 0.3 is 0 Å². The molecule has 174 valence electrons. The van der Waals surface area contributed by atoms with E-state index >= 15 is 0 Å². The zero-order valence-electron chi connectivity index (χ0n) is 18.4. The van der Waals surface area contributed by atoms with Crippen molar-refractivity contribution in [1.29, 1.82) is 5.26 Å². The molecule has 0 radical (unpaired) electrons. The number of rotatable bonds is 6.